The third-order valence-corrected chi connectivity index (χ3v) is 8.38. The van der Waals surface area contributed by atoms with E-state index >= 15 is 0 Å². The lowest BCUT2D eigenvalue weighted by molar-refractivity contribution is 0.0958. The first-order valence-electron chi connectivity index (χ1n) is 13.1. The van der Waals surface area contributed by atoms with Gasteiger partial charge in [-0.3, -0.25) is 4.79 Å². The van der Waals surface area contributed by atoms with Gasteiger partial charge in [-0.15, -0.1) is 0 Å². The van der Waals surface area contributed by atoms with Gasteiger partial charge in [0.1, 0.15) is 17.7 Å². The molecule has 3 N–H and O–H groups in total. The molecule has 7 nitrogen and oxygen atoms in total. The lowest BCUT2D eigenvalue weighted by Gasteiger charge is -2.33. The largest absolute Gasteiger partial charge is 0.495 e. The molecule has 1 amide bonds. The molecule has 2 atom stereocenters. The number of ether oxygens (including phenoxy) is 1. The number of hydrogen-bond acceptors (Lipinski definition) is 6. The van der Waals surface area contributed by atoms with Gasteiger partial charge in [-0.25, -0.2) is 4.39 Å². The van der Waals surface area contributed by atoms with Crippen LogP contribution in [-0.4, -0.2) is 73.5 Å². The number of pyridine rings is 1. The monoisotopic (exact) mass is 571 g/mol. The maximum atomic E-state index is 14.8. The molecule has 0 bridgehead atoms. The number of aromatic nitrogens is 1. The van der Waals surface area contributed by atoms with Crippen LogP contribution in [0.25, 0.3) is 5.52 Å². The Balaban J connectivity index is 1.45. The highest BCUT2D eigenvalue weighted by Crippen LogP contribution is 2.47. The average Bonchev–Trinajstić information content (AvgIpc) is 3.21. The third-order valence-electron chi connectivity index (χ3n) is 7.26. The van der Waals surface area contributed by atoms with Crippen molar-refractivity contribution in [3.8, 4) is 17.6 Å². The third kappa shape index (κ3) is 5.83. The zero-order valence-corrected chi connectivity index (χ0v) is 23.4. The second-order valence-electron chi connectivity index (χ2n) is 10.0. The van der Waals surface area contributed by atoms with Crippen molar-refractivity contribution < 1.29 is 22.7 Å². The fraction of sp³-hybridized carbons (Fsp3) is 0.414. The van der Waals surface area contributed by atoms with Gasteiger partial charge in [0.25, 0.3) is 11.2 Å². The molecule has 2 aliphatic rings. The number of benzene rings is 1. The van der Waals surface area contributed by atoms with Crippen molar-refractivity contribution in [2.75, 3.05) is 51.5 Å². The van der Waals surface area contributed by atoms with E-state index in [9.17, 15) is 18.0 Å². The number of aryl methyl sites for hydroxylation is 1. The van der Waals surface area contributed by atoms with Crippen LogP contribution in [0.1, 0.15) is 34.3 Å². The average molecular weight is 572 g/mol. The molecule has 1 aromatic carbocycles. The molecule has 4 heterocycles. The number of piperidine rings is 1. The van der Waals surface area contributed by atoms with Crippen LogP contribution in [0.5, 0.6) is 5.75 Å². The Bertz CT molecular complexity index is 1480. The summed E-state index contributed by atoms with van der Waals surface area (Å²) in [6.45, 7) is 1.31. The second kappa shape index (κ2) is 11.6. The molecule has 0 radical (unpaired) electrons. The van der Waals surface area contributed by atoms with Crippen molar-refractivity contribution >= 4 is 34.7 Å². The molecule has 0 unspecified atom stereocenters. The maximum absolute atomic E-state index is 14.8. The van der Waals surface area contributed by atoms with Crippen LogP contribution >= 0.6 is 11.8 Å². The van der Waals surface area contributed by atoms with E-state index in [1.165, 1.54) is 7.11 Å². The summed E-state index contributed by atoms with van der Waals surface area (Å²) in [6.07, 6.45) is 1.32. The van der Waals surface area contributed by atoms with Crippen LogP contribution in [0, 0.1) is 11.8 Å². The van der Waals surface area contributed by atoms with Gasteiger partial charge in [0, 0.05) is 38.3 Å². The molecule has 0 aliphatic carbocycles. The van der Waals surface area contributed by atoms with Gasteiger partial charge in [0.15, 0.2) is 0 Å². The summed E-state index contributed by atoms with van der Waals surface area (Å²) >= 11 is 0.534. The van der Waals surface area contributed by atoms with Crippen molar-refractivity contribution in [1.29, 1.82) is 0 Å². The Labute approximate surface area is 235 Å². The summed E-state index contributed by atoms with van der Waals surface area (Å²) in [4.78, 5) is 14.4. The Morgan fingerprint density at radius 3 is 2.85 bits per heavy atom. The smallest absolute Gasteiger partial charge is 0.298 e. The standard InChI is InChI=1S/C29H32F3N5O2S/c1-33-28(38)19-6-8-24(39-3)23(15-19)34-13-4-5-20-16-37-25(35-22-11-14-36(2)17-21(22)30)9-7-18-10-12-29(31,32)40-27(20)26(18)37/h6-9,15-16,21-22,34-35H,10-14,17H2,1-3H3,(H,33,38)/t21-,22+/m0/s1. The molecule has 0 saturated carbocycles. The van der Waals surface area contributed by atoms with E-state index < -0.39 is 11.4 Å². The van der Waals surface area contributed by atoms with Crippen LogP contribution in [0.15, 0.2) is 41.4 Å². The number of alkyl halides is 3. The van der Waals surface area contributed by atoms with Crippen molar-refractivity contribution in [1.82, 2.24) is 14.6 Å². The molecule has 2 aromatic heterocycles. The number of nitrogens with zero attached hydrogens (tertiary/aromatic N) is 2. The Morgan fingerprint density at radius 1 is 1.27 bits per heavy atom. The van der Waals surface area contributed by atoms with E-state index in [0.29, 0.717) is 63.5 Å². The van der Waals surface area contributed by atoms with E-state index in [2.05, 4.69) is 27.8 Å². The highest BCUT2D eigenvalue weighted by atomic mass is 32.2. The zero-order valence-electron chi connectivity index (χ0n) is 22.6. The Kier molecular flexibility index (Phi) is 8.10. The van der Waals surface area contributed by atoms with Crippen LogP contribution in [0.3, 0.4) is 0 Å². The highest BCUT2D eigenvalue weighted by molar-refractivity contribution is 8.00. The summed E-state index contributed by atoms with van der Waals surface area (Å²) in [5.74, 6) is 7.07. The SMILES string of the molecule is CNC(=O)c1ccc(OC)c(NCC#Cc2cn3c(N[C@@H]4CCN(C)C[C@@H]4F)ccc4c3c2SC(F)(F)CC4)c1. The highest BCUT2D eigenvalue weighted by Gasteiger charge is 2.36. The summed E-state index contributed by atoms with van der Waals surface area (Å²) in [7, 11) is 4.98. The number of thioether (sulfide) groups is 1. The van der Waals surface area contributed by atoms with E-state index in [1.807, 2.05) is 28.5 Å². The molecule has 11 heteroatoms. The number of likely N-dealkylation sites (tertiary alicyclic amines) is 1. The number of anilines is 2. The molecular formula is C29H32F3N5O2S. The van der Waals surface area contributed by atoms with Crippen molar-refractivity contribution in [3.05, 3.63) is 53.2 Å². The topological polar surface area (TPSA) is 70.0 Å². The second-order valence-corrected chi connectivity index (χ2v) is 11.3. The molecule has 3 aromatic rings. The van der Waals surface area contributed by atoms with E-state index in [1.54, 1.807) is 31.4 Å². The first-order chi connectivity index (χ1) is 19.2. The Hall–Kier alpha value is -3.49. The van der Waals surface area contributed by atoms with Gasteiger partial charge in [-0.2, -0.15) is 8.78 Å². The summed E-state index contributed by atoms with van der Waals surface area (Å²) in [5.41, 5.74) is 3.03. The first kappa shape index (κ1) is 28.1. The van der Waals surface area contributed by atoms with Gasteiger partial charge in [0.2, 0.25) is 0 Å². The Morgan fingerprint density at radius 2 is 2.10 bits per heavy atom. The van der Waals surface area contributed by atoms with Crippen LogP contribution in [0.2, 0.25) is 0 Å². The fourth-order valence-electron chi connectivity index (χ4n) is 5.13. The number of amides is 1. The number of rotatable bonds is 6. The number of hydrogen-bond donors (Lipinski definition) is 3. The van der Waals surface area contributed by atoms with Crippen molar-refractivity contribution in [2.24, 2.45) is 0 Å². The minimum absolute atomic E-state index is 0.192. The quantitative estimate of drug-likeness (QED) is 0.368. The number of halogens is 3. The number of carbonyl (C=O) groups is 1. The predicted molar refractivity (Wildman–Crippen MR) is 153 cm³/mol. The van der Waals surface area contributed by atoms with Gasteiger partial charge < -0.3 is 30.0 Å². The summed E-state index contributed by atoms with van der Waals surface area (Å²) < 4.78 is 51.6. The van der Waals surface area contributed by atoms with E-state index in [4.69, 9.17) is 4.74 Å². The normalized spacial score (nSPS) is 20.2. The molecule has 0 spiro atoms. The number of methoxy groups -OCH3 is 1. The van der Waals surface area contributed by atoms with E-state index in [-0.39, 0.29) is 31.3 Å². The van der Waals surface area contributed by atoms with Crippen molar-refractivity contribution in [3.63, 3.8) is 0 Å². The minimum Gasteiger partial charge on any atom is -0.495 e. The first-order valence-corrected chi connectivity index (χ1v) is 14.0. The van der Waals surface area contributed by atoms with Crippen LogP contribution < -0.4 is 20.7 Å². The fourth-order valence-corrected chi connectivity index (χ4v) is 6.17. The van der Waals surface area contributed by atoms with Gasteiger partial charge in [0.05, 0.1) is 41.4 Å². The molecule has 5 rings (SSSR count). The maximum Gasteiger partial charge on any atom is 0.298 e. The molecule has 212 valence electrons. The minimum atomic E-state index is -2.94. The molecule has 1 fully saturated rings. The summed E-state index contributed by atoms with van der Waals surface area (Å²) in [6, 6.07) is 8.35. The molecule has 40 heavy (non-hydrogen) atoms. The van der Waals surface area contributed by atoms with Gasteiger partial charge in [-0.05, 0) is 61.5 Å². The lowest BCUT2D eigenvalue weighted by Crippen LogP contribution is -2.46. The van der Waals surface area contributed by atoms with E-state index in [0.717, 1.165) is 12.1 Å². The van der Waals surface area contributed by atoms with Gasteiger partial charge in [-0.1, -0.05) is 17.9 Å². The predicted octanol–water partition coefficient (Wildman–Crippen LogP) is 4.86. The van der Waals surface area contributed by atoms with Crippen molar-refractivity contribution in [2.45, 2.75) is 41.6 Å². The molecule has 2 aliphatic heterocycles. The summed E-state index contributed by atoms with van der Waals surface area (Å²) in [5, 5.41) is 6.14. The molecular weight excluding hydrogens is 539 g/mol. The van der Waals surface area contributed by atoms with Gasteiger partial charge >= 0.3 is 0 Å². The molecule has 1 saturated heterocycles. The van der Waals surface area contributed by atoms with Crippen LogP contribution in [0.4, 0.5) is 24.7 Å². The zero-order chi connectivity index (χ0) is 28.4. The number of carbonyl (C=O) groups excluding carboxylic acids is 1. The number of nitrogens with one attached hydrogen (secondary N) is 3. The van der Waals surface area contributed by atoms with Crippen LogP contribution in [-0.2, 0) is 6.42 Å². The lowest BCUT2D eigenvalue weighted by atomic mass is 10.0.